The summed E-state index contributed by atoms with van der Waals surface area (Å²) in [6, 6.07) is 8.83. The van der Waals surface area contributed by atoms with Crippen LogP contribution in [0.2, 0.25) is 0 Å². The molecule has 0 aromatic heterocycles. The van der Waals surface area contributed by atoms with Crippen LogP contribution in [0.25, 0.3) is 10.8 Å². The average Bonchev–Trinajstić information content (AvgIpc) is 2.92. The van der Waals surface area contributed by atoms with E-state index in [4.69, 9.17) is 0 Å². The fourth-order valence-electron chi connectivity index (χ4n) is 3.16. The molecule has 1 atom stereocenters. The minimum atomic E-state index is -4.47. The summed E-state index contributed by atoms with van der Waals surface area (Å²) in [6.07, 6.45) is -2.51. The molecule has 1 aliphatic heterocycles. The van der Waals surface area contributed by atoms with E-state index in [1.54, 1.807) is 12.1 Å². The Morgan fingerprint density at radius 3 is 2.54 bits per heavy atom. The lowest BCUT2D eigenvalue weighted by Crippen LogP contribution is -2.43. The predicted molar refractivity (Wildman–Crippen MR) is 86.2 cm³/mol. The number of benzene rings is 2. The summed E-state index contributed by atoms with van der Waals surface area (Å²) in [5.74, 6) is -0.379. The third-order valence-electron chi connectivity index (χ3n) is 4.25. The first-order valence-electron chi connectivity index (χ1n) is 8.04. The summed E-state index contributed by atoms with van der Waals surface area (Å²) in [4.78, 5) is 11.3. The highest BCUT2D eigenvalue weighted by atomic mass is 19.4. The van der Waals surface area contributed by atoms with Crippen LogP contribution in [0.5, 0.6) is 0 Å². The Morgan fingerprint density at radius 2 is 1.92 bits per heavy atom. The average molecular weight is 336 g/mol. The van der Waals surface area contributed by atoms with Gasteiger partial charge in [0.1, 0.15) is 6.04 Å². The molecule has 2 aromatic rings. The van der Waals surface area contributed by atoms with Crippen molar-refractivity contribution in [3.8, 4) is 0 Å². The maximum absolute atomic E-state index is 13.6. The molecule has 0 saturated carbocycles. The van der Waals surface area contributed by atoms with E-state index >= 15 is 0 Å². The molecule has 1 saturated heterocycles. The van der Waals surface area contributed by atoms with E-state index in [-0.39, 0.29) is 24.4 Å². The third kappa shape index (κ3) is 3.38. The van der Waals surface area contributed by atoms with Gasteiger partial charge >= 0.3 is 6.18 Å². The summed E-state index contributed by atoms with van der Waals surface area (Å²) in [6.45, 7) is 2.12. The molecular formula is C18H19F3N2O. The van der Waals surface area contributed by atoms with Gasteiger partial charge in [0.25, 0.3) is 0 Å². The van der Waals surface area contributed by atoms with Gasteiger partial charge in [-0.2, -0.15) is 13.2 Å². The fourth-order valence-corrected chi connectivity index (χ4v) is 3.16. The summed E-state index contributed by atoms with van der Waals surface area (Å²) in [5.41, 5.74) is 3.57. The molecule has 3 nitrogen and oxygen atoms in total. The minimum absolute atomic E-state index is 0.0525. The van der Waals surface area contributed by atoms with Crippen molar-refractivity contribution in [1.29, 1.82) is 0 Å². The molecule has 2 aromatic carbocycles. The van der Waals surface area contributed by atoms with Crippen LogP contribution in [-0.2, 0) is 11.2 Å². The number of amides is 1. The van der Waals surface area contributed by atoms with Gasteiger partial charge in [0, 0.05) is 13.0 Å². The Hall–Kier alpha value is -2.08. The molecule has 1 fully saturated rings. The van der Waals surface area contributed by atoms with Gasteiger partial charge in [0.2, 0.25) is 5.91 Å². The normalized spacial score (nSPS) is 17.2. The predicted octanol–water partition coefficient (Wildman–Crippen LogP) is 4.13. The second kappa shape index (κ2) is 6.43. The Balaban J connectivity index is 2.02. The van der Waals surface area contributed by atoms with E-state index < -0.39 is 12.2 Å². The molecule has 0 radical (unpaired) electrons. The Labute approximate surface area is 138 Å². The number of nitrogens with zero attached hydrogens (tertiary/aromatic N) is 1. The molecule has 128 valence electrons. The number of aryl methyl sites for hydroxylation is 1. The highest BCUT2D eigenvalue weighted by Crippen LogP contribution is 2.38. The van der Waals surface area contributed by atoms with Crippen molar-refractivity contribution in [2.45, 2.75) is 38.4 Å². The Kier molecular flexibility index (Phi) is 4.49. The second-order valence-corrected chi connectivity index (χ2v) is 6.11. The molecule has 6 heteroatoms. The van der Waals surface area contributed by atoms with Crippen LogP contribution in [0.3, 0.4) is 0 Å². The topological polar surface area (TPSA) is 32.3 Å². The van der Waals surface area contributed by atoms with Crippen LogP contribution in [0.15, 0.2) is 36.4 Å². The number of hydrazine groups is 1. The SMILES string of the molecule is CCCc1ccc2ccc([C@H](N3CCC(=O)N3)C(F)(F)F)cc2c1. The van der Waals surface area contributed by atoms with Crippen LogP contribution in [0.4, 0.5) is 13.2 Å². The third-order valence-corrected chi connectivity index (χ3v) is 4.25. The minimum Gasteiger partial charge on any atom is -0.288 e. The molecule has 1 aliphatic rings. The monoisotopic (exact) mass is 336 g/mol. The summed E-state index contributed by atoms with van der Waals surface area (Å²) in [5, 5.41) is 2.68. The number of hydrogen-bond donors (Lipinski definition) is 1. The number of hydrogen-bond acceptors (Lipinski definition) is 2. The summed E-state index contributed by atoms with van der Waals surface area (Å²) < 4.78 is 40.8. The van der Waals surface area contributed by atoms with Gasteiger partial charge in [-0.1, -0.05) is 43.7 Å². The Bertz CT molecular complexity index is 758. The quantitative estimate of drug-likeness (QED) is 0.910. The van der Waals surface area contributed by atoms with Crippen molar-refractivity contribution >= 4 is 16.7 Å². The van der Waals surface area contributed by atoms with Crippen molar-refractivity contribution in [2.24, 2.45) is 0 Å². The largest absolute Gasteiger partial charge is 0.409 e. The van der Waals surface area contributed by atoms with Crippen LogP contribution >= 0.6 is 0 Å². The van der Waals surface area contributed by atoms with E-state index in [0.717, 1.165) is 34.2 Å². The number of rotatable bonds is 4. The van der Waals surface area contributed by atoms with Gasteiger partial charge in [0.05, 0.1) is 0 Å². The number of carbonyl (C=O) groups excluding carboxylic acids is 1. The van der Waals surface area contributed by atoms with E-state index in [1.807, 2.05) is 18.2 Å². The van der Waals surface area contributed by atoms with Crippen LogP contribution in [0, 0.1) is 0 Å². The highest BCUT2D eigenvalue weighted by molar-refractivity contribution is 5.84. The first-order chi connectivity index (χ1) is 11.4. The number of alkyl halides is 3. The fraction of sp³-hybridized carbons (Fsp3) is 0.389. The van der Waals surface area contributed by atoms with E-state index in [2.05, 4.69) is 12.3 Å². The molecule has 0 spiro atoms. The zero-order chi connectivity index (χ0) is 17.3. The molecule has 1 heterocycles. The second-order valence-electron chi connectivity index (χ2n) is 6.11. The lowest BCUT2D eigenvalue weighted by molar-refractivity contribution is -0.191. The van der Waals surface area contributed by atoms with E-state index in [0.29, 0.717) is 0 Å². The van der Waals surface area contributed by atoms with Gasteiger partial charge in [-0.25, -0.2) is 5.01 Å². The van der Waals surface area contributed by atoms with Gasteiger partial charge in [-0.15, -0.1) is 0 Å². The molecule has 1 N–H and O–H groups in total. The molecular weight excluding hydrogens is 317 g/mol. The standard InChI is InChI=1S/C18H19F3N2O/c1-2-3-12-4-5-13-6-7-14(11-15(13)10-12)17(18(19,20)21)23-9-8-16(24)22-23/h4-7,10-11,17H,2-3,8-9H2,1H3,(H,22,24)/t17-/m0/s1. The smallest absolute Gasteiger partial charge is 0.288 e. The zero-order valence-corrected chi connectivity index (χ0v) is 13.4. The molecule has 1 amide bonds. The van der Waals surface area contributed by atoms with Crippen molar-refractivity contribution in [1.82, 2.24) is 10.4 Å². The number of halogens is 3. The van der Waals surface area contributed by atoms with Crippen LogP contribution < -0.4 is 5.43 Å². The summed E-state index contributed by atoms with van der Waals surface area (Å²) >= 11 is 0. The van der Waals surface area contributed by atoms with Crippen molar-refractivity contribution < 1.29 is 18.0 Å². The maximum Gasteiger partial charge on any atom is 0.409 e. The highest BCUT2D eigenvalue weighted by Gasteiger charge is 2.46. The lowest BCUT2D eigenvalue weighted by Gasteiger charge is -2.29. The first-order valence-corrected chi connectivity index (χ1v) is 8.04. The number of nitrogens with one attached hydrogen (secondary N) is 1. The molecule has 0 bridgehead atoms. The van der Waals surface area contributed by atoms with Crippen molar-refractivity contribution in [2.75, 3.05) is 6.54 Å². The molecule has 0 unspecified atom stereocenters. The summed E-state index contributed by atoms with van der Waals surface area (Å²) in [7, 11) is 0. The van der Waals surface area contributed by atoms with Crippen LogP contribution in [-0.4, -0.2) is 23.6 Å². The van der Waals surface area contributed by atoms with Crippen LogP contribution in [0.1, 0.15) is 36.9 Å². The van der Waals surface area contributed by atoms with Gasteiger partial charge in [0.15, 0.2) is 0 Å². The maximum atomic E-state index is 13.6. The first kappa shape index (κ1) is 16.8. The van der Waals surface area contributed by atoms with Crippen molar-refractivity contribution in [3.05, 3.63) is 47.5 Å². The number of carbonyl (C=O) groups is 1. The van der Waals surface area contributed by atoms with E-state index in [9.17, 15) is 18.0 Å². The van der Waals surface area contributed by atoms with Crippen molar-refractivity contribution in [3.63, 3.8) is 0 Å². The molecule has 0 aliphatic carbocycles. The zero-order valence-electron chi connectivity index (χ0n) is 13.4. The molecule has 24 heavy (non-hydrogen) atoms. The van der Waals surface area contributed by atoms with Gasteiger partial charge in [-0.05, 0) is 34.4 Å². The van der Waals surface area contributed by atoms with Gasteiger partial charge in [-0.3, -0.25) is 10.2 Å². The lowest BCUT2D eigenvalue weighted by atomic mass is 9.98. The number of fused-ring (bicyclic) bond motifs is 1. The van der Waals surface area contributed by atoms with E-state index in [1.165, 1.54) is 6.07 Å². The molecule has 3 rings (SSSR count). The van der Waals surface area contributed by atoms with Gasteiger partial charge < -0.3 is 0 Å². The Morgan fingerprint density at radius 1 is 1.17 bits per heavy atom.